The van der Waals surface area contributed by atoms with Crippen molar-refractivity contribution in [3.63, 3.8) is 0 Å². The summed E-state index contributed by atoms with van der Waals surface area (Å²) in [5.74, 6) is -1.05. The van der Waals surface area contributed by atoms with E-state index in [0.29, 0.717) is 18.4 Å². The van der Waals surface area contributed by atoms with Crippen LogP contribution in [0.4, 0.5) is 10.5 Å². The molecular weight excluding hydrogens is 270 g/mol. The molecule has 1 aliphatic carbocycles. The molecule has 21 heavy (non-hydrogen) atoms. The molecule has 1 saturated carbocycles. The fourth-order valence-electron chi connectivity index (χ4n) is 2.85. The van der Waals surface area contributed by atoms with Crippen molar-refractivity contribution in [1.29, 1.82) is 5.26 Å². The van der Waals surface area contributed by atoms with Crippen LogP contribution in [0, 0.1) is 23.7 Å². The monoisotopic (exact) mass is 283 g/mol. The Balaban J connectivity index is 2.12. The predicted molar refractivity (Wildman–Crippen MR) is 73.2 cm³/mol. The number of rotatable bonds is 1. The molecule has 1 aliphatic heterocycles. The average molecular weight is 283 g/mol. The van der Waals surface area contributed by atoms with Crippen LogP contribution in [0.15, 0.2) is 18.2 Å². The molecule has 2 aliphatic rings. The number of anilines is 1. The first-order valence-corrected chi connectivity index (χ1v) is 6.71. The van der Waals surface area contributed by atoms with E-state index < -0.39 is 23.3 Å². The first-order valence-electron chi connectivity index (χ1n) is 6.71. The number of amides is 4. The third kappa shape index (κ3) is 1.67. The van der Waals surface area contributed by atoms with Gasteiger partial charge in [0.25, 0.3) is 5.91 Å². The number of aryl methyl sites for hydroxylation is 1. The number of benzene rings is 1. The summed E-state index contributed by atoms with van der Waals surface area (Å²) in [6, 6.07) is 6.19. The van der Waals surface area contributed by atoms with E-state index in [9.17, 15) is 19.6 Å². The number of barbiturate groups is 1. The molecule has 1 N–H and O–H groups in total. The summed E-state index contributed by atoms with van der Waals surface area (Å²) < 4.78 is 0. The zero-order valence-electron chi connectivity index (χ0n) is 11.5. The lowest BCUT2D eigenvalue weighted by atomic mass is 9.66. The van der Waals surface area contributed by atoms with Gasteiger partial charge in [0, 0.05) is 0 Å². The Kier molecular flexibility index (Phi) is 2.80. The summed E-state index contributed by atoms with van der Waals surface area (Å²) >= 11 is 0. The summed E-state index contributed by atoms with van der Waals surface area (Å²) in [7, 11) is 0. The van der Waals surface area contributed by atoms with Gasteiger partial charge in [0.05, 0.1) is 11.3 Å². The van der Waals surface area contributed by atoms with Crippen LogP contribution in [0.25, 0.3) is 0 Å². The van der Waals surface area contributed by atoms with E-state index in [1.54, 1.807) is 25.1 Å². The van der Waals surface area contributed by atoms with Gasteiger partial charge in [-0.15, -0.1) is 0 Å². The number of hydrogen-bond donors (Lipinski definition) is 1. The minimum absolute atomic E-state index is 0.235. The second-order valence-corrected chi connectivity index (χ2v) is 5.42. The number of nitrogens with zero attached hydrogens (tertiary/aromatic N) is 2. The quantitative estimate of drug-likeness (QED) is 0.793. The molecule has 0 aromatic heterocycles. The van der Waals surface area contributed by atoms with Gasteiger partial charge < -0.3 is 0 Å². The van der Waals surface area contributed by atoms with Gasteiger partial charge in [0.1, 0.15) is 11.5 Å². The van der Waals surface area contributed by atoms with E-state index in [-0.39, 0.29) is 11.3 Å². The van der Waals surface area contributed by atoms with Crippen LogP contribution in [-0.2, 0) is 9.59 Å². The van der Waals surface area contributed by atoms with Crippen LogP contribution >= 0.6 is 0 Å². The first kappa shape index (κ1) is 13.3. The maximum absolute atomic E-state index is 12.7. The molecule has 0 radical (unpaired) electrons. The highest BCUT2D eigenvalue weighted by Gasteiger charge is 2.57. The molecule has 3 rings (SSSR count). The van der Waals surface area contributed by atoms with Crippen LogP contribution in [-0.4, -0.2) is 17.8 Å². The maximum Gasteiger partial charge on any atom is 0.335 e. The summed E-state index contributed by atoms with van der Waals surface area (Å²) in [5, 5.41) is 11.5. The third-order valence-electron chi connectivity index (χ3n) is 4.28. The van der Waals surface area contributed by atoms with Crippen molar-refractivity contribution in [3.8, 4) is 6.07 Å². The number of nitriles is 1. The lowest BCUT2D eigenvalue weighted by Crippen LogP contribution is -2.66. The van der Waals surface area contributed by atoms with Crippen molar-refractivity contribution >= 4 is 23.5 Å². The largest absolute Gasteiger partial charge is 0.335 e. The number of imide groups is 2. The zero-order valence-corrected chi connectivity index (χ0v) is 11.5. The van der Waals surface area contributed by atoms with Gasteiger partial charge in [-0.05, 0) is 31.4 Å². The second-order valence-electron chi connectivity index (χ2n) is 5.42. The minimum atomic E-state index is -1.13. The molecule has 1 aromatic rings. The number of carbonyl (C=O) groups is 3. The molecule has 2 fully saturated rings. The number of hydrogen-bond acceptors (Lipinski definition) is 4. The van der Waals surface area contributed by atoms with Crippen LogP contribution in [0.2, 0.25) is 0 Å². The van der Waals surface area contributed by atoms with Crippen molar-refractivity contribution in [2.24, 2.45) is 5.41 Å². The summed E-state index contributed by atoms with van der Waals surface area (Å²) in [5.41, 5.74) is 0.0449. The van der Waals surface area contributed by atoms with E-state index in [4.69, 9.17) is 0 Å². The van der Waals surface area contributed by atoms with Gasteiger partial charge in [0.2, 0.25) is 5.91 Å². The maximum atomic E-state index is 12.7. The van der Waals surface area contributed by atoms with Gasteiger partial charge in [0.15, 0.2) is 0 Å². The molecular formula is C15H13N3O3. The van der Waals surface area contributed by atoms with E-state index in [2.05, 4.69) is 5.32 Å². The Labute approximate surface area is 121 Å². The van der Waals surface area contributed by atoms with Crippen LogP contribution in [0.5, 0.6) is 0 Å². The number of urea groups is 1. The van der Waals surface area contributed by atoms with E-state index in [1.165, 1.54) is 0 Å². The molecule has 0 atom stereocenters. The molecule has 6 nitrogen and oxygen atoms in total. The van der Waals surface area contributed by atoms with E-state index >= 15 is 0 Å². The SMILES string of the molecule is Cc1cccc(N2C(=O)NC(=O)C3(CCC3)C2=O)c1C#N. The molecule has 1 aromatic carbocycles. The van der Waals surface area contributed by atoms with Crippen molar-refractivity contribution in [3.05, 3.63) is 29.3 Å². The van der Waals surface area contributed by atoms with Crippen molar-refractivity contribution < 1.29 is 14.4 Å². The Morgan fingerprint density at radius 3 is 2.57 bits per heavy atom. The van der Waals surface area contributed by atoms with Crippen LogP contribution < -0.4 is 10.2 Å². The number of nitrogens with one attached hydrogen (secondary N) is 1. The Morgan fingerprint density at radius 1 is 1.29 bits per heavy atom. The van der Waals surface area contributed by atoms with Crippen molar-refractivity contribution in [2.75, 3.05) is 4.90 Å². The highest BCUT2D eigenvalue weighted by molar-refractivity contribution is 6.30. The third-order valence-corrected chi connectivity index (χ3v) is 4.28. The van der Waals surface area contributed by atoms with Crippen molar-refractivity contribution in [2.45, 2.75) is 26.2 Å². The fraction of sp³-hybridized carbons (Fsp3) is 0.333. The standard InChI is InChI=1S/C15H13N3O3/c1-9-4-2-5-11(10(9)8-16)18-13(20)15(6-3-7-15)12(19)17-14(18)21/h2,4-5H,3,6-7H2,1H3,(H,17,19,21). The summed E-state index contributed by atoms with van der Waals surface area (Å²) in [4.78, 5) is 37.7. The Hall–Kier alpha value is -2.68. The fourth-order valence-corrected chi connectivity index (χ4v) is 2.85. The topological polar surface area (TPSA) is 90.3 Å². The lowest BCUT2D eigenvalue weighted by Gasteiger charge is -2.44. The smallest absolute Gasteiger partial charge is 0.276 e. The molecule has 106 valence electrons. The molecule has 1 spiro atoms. The molecule has 0 unspecified atom stereocenters. The molecule has 0 bridgehead atoms. The van der Waals surface area contributed by atoms with Crippen LogP contribution in [0.1, 0.15) is 30.4 Å². The molecule has 1 saturated heterocycles. The van der Waals surface area contributed by atoms with E-state index in [0.717, 1.165) is 11.3 Å². The minimum Gasteiger partial charge on any atom is -0.276 e. The Morgan fingerprint density at radius 2 is 2.00 bits per heavy atom. The zero-order chi connectivity index (χ0) is 15.2. The Bertz CT molecular complexity index is 713. The highest BCUT2D eigenvalue weighted by atomic mass is 16.2. The predicted octanol–water partition coefficient (Wildman–Crippen LogP) is 1.62. The molecule has 1 heterocycles. The summed E-state index contributed by atoms with van der Waals surface area (Å²) in [6.45, 7) is 1.73. The van der Waals surface area contributed by atoms with Crippen LogP contribution in [0.3, 0.4) is 0 Å². The van der Waals surface area contributed by atoms with Gasteiger partial charge in [-0.1, -0.05) is 18.6 Å². The average Bonchev–Trinajstić information content (AvgIpc) is 2.36. The lowest BCUT2D eigenvalue weighted by molar-refractivity contribution is -0.148. The second kappa shape index (κ2) is 4.42. The van der Waals surface area contributed by atoms with Gasteiger partial charge >= 0.3 is 6.03 Å². The van der Waals surface area contributed by atoms with Crippen molar-refractivity contribution in [1.82, 2.24) is 5.32 Å². The normalized spacial score (nSPS) is 20.0. The molecule has 4 amide bonds. The number of carbonyl (C=O) groups excluding carboxylic acids is 3. The molecule has 6 heteroatoms. The summed E-state index contributed by atoms with van der Waals surface area (Å²) in [6.07, 6.45) is 1.66. The van der Waals surface area contributed by atoms with Gasteiger partial charge in [-0.3, -0.25) is 14.9 Å². The van der Waals surface area contributed by atoms with Gasteiger partial charge in [-0.25, -0.2) is 9.69 Å². The first-order chi connectivity index (χ1) is 10.0. The highest BCUT2D eigenvalue weighted by Crippen LogP contribution is 2.45. The van der Waals surface area contributed by atoms with Gasteiger partial charge in [-0.2, -0.15) is 5.26 Å². The van der Waals surface area contributed by atoms with E-state index in [1.807, 2.05) is 6.07 Å².